The summed E-state index contributed by atoms with van der Waals surface area (Å²) >= 11 is 0. The van der Waals surface area contributed by atoms with Crippen LogP contribution in [0.2, 0.25) is 0 Å². The van der Waals surface area contributed by atoms with Crippen LogP contribution in [0, 0.1) is 18.3 Å². The Labute approximate surface area is 192 Å². The van der Waals surface area contributed by atoms with Crippen LogP contribution in [0.3, 0.4) is 0 Å². The second kappa shape index (κ2) is 8.78. The van der Waals surface area contributed by atoms with E-state index in [-0.39, 0.29) is 5.56 Å². The summed E-state index contributed by atoms with van der Waals surface area (Å²) in [7, 11) is 1.77. The van der Waals surface area contributed by atoms with E-state index in [1.807, 2.05) is 6.92 Å². The predicted molar refractivity (Wildman–Crippen MR) is 119 cm³/mol. The van der Waals surface area contributed by atoms with Crippen LogP contribution in [0.25, 0.3) is 22.4 Å². The summed E-state index contributed by atoms with van der Waals surface area (Å²) in [5.74, 6) is -0.703. The number of benzene rings is 1. The zero-order valence-electron chi connectivity index (χ0n) is 18.1. The lowest BCUT2D eigenvalue weighted by Gasteiger charge is -2.12. The molecule has 3 heterocycles. The zero-order valence-corrected chi connectivity index (χ0v) is 18.1. The van der Waals surface area contributed by atoms with Gasteiger partial charge in [-0.25, -0.2) is 0 Å². The maximum absolute atomic E-state index is 12.9. The van der Waals surface area contributed by atoms with Crippen molar-refractivity contribution in [1.29, 1.82) is 5.26 Å². The lowest BCUT2D eigenvalue weighted by Crippen LogP contribution is -2.15. The molecule has 4 aromatic rings. The first-order chi connectivity index (χ1) is 16.2. The van der Waals surface area contributed by atoms with Crippen LogP contribution in [0.4, 0.5) is 18.9 Å². The Morgan fingerprint density at radius 1 is 1.09 bits per heavy atom. The van der Waals surface area contributed by atoms with E-state index in [0.29, 0.717) is 39.7 Å². The summed E-state index contributed by atoms with van der Waals surface area (Å²) in [5.41, 5.74) is 2.86. The van der Waals surface area contributed by atoms with Gasteiger partial charge in [-0.05, 0) is 48.4 Å². The highest BCUT2D eigenvalue weighted by Crippen LogP contribution is 2.31. The minimum atomic E-state index is -4.65. The number of alkyl halides is 3. The fourth-order valence-electron chi connectivity index (χ4n) is 3.41. The van der Waals surface area contributed by atoms with Gasteiger partial charge in [0.15, 0.2) is 0 Å². The van der Waals surface area contributed by atoms with E-state index in [0.717, 1.165) is 11.8 Å². The Hall–Kier alpha value is -4.52. The normalized spacial score (nSPS) is 11.2. The van der Waals surface area contributed by atoms with Crippen LogP contribution in [0.15, 0.2) is 61.2 Å². The summed E-state index contributed by atoms with van der Waals surface area (Å²) < 4.78 is 40.4. The van der Waals surface area contributed by atoms with Gasteiger partial charge >= 0.3 is 6.18 Å². The number of carbonyl (C=O) groups excluding carboxylic acids is 1. The average Bonchev–Trinajstić information content (AvgIpc) is 3.25. The van der Waals surface area contributed by atoms with Gasteiger partial charge in [-0.2, -0.15) is 23.5 Å². The number of nitrogens with zero attached hydrogens (tertiary/aromatic N) is 5. The van der Waals surface area contributed by atoms with Crippen molar-refractivity contribution in [3.63, 3.8) is 0 Å². The van der Waals surface area contributed by atoms with Crippen LogP contribution in [-0.2, 0) is 13.2 Å². The number of hydrogen-bond acceptors (Lipinski definition) is 5. The Bertz CT molecular complexity index is 1440. The lowest BCUT2D eigenvalue weighted by molar-refractivity contribution is -0.141. The third-order valence-corrected chi connectivity index (χ3v) is 5.11. The third-order valence-electron chi connectivity index (χ3n) is 5.11. The molecule has 10 heteroatoms. The molecule has 0 aliphatic carbocycles. The van der Waals surface area contributed by atoms with Gasteiger partial charge in [-0.3, -0.25) is 19.4 Å². The predicted octanol–water partition coefficient (Wildman–Crippen LogP) is 5.00. The number of aromatic nitrogens is 4. The summed E-state index contributed by atoms with van der Waals surface area (Å²) in [6.45, 7) is 1.86. The van der Waals surface area contributed by atoms with Gasteiger partial charge in [-0.1, -0.05) is 6.07 Å². The van der Waals surface area contributed by atoms with Gasteiger partial charge < -0.3 is 5.32 Å². The number of halogens is 3. The molecular formula is C24H17F3N6O. The molecule has 3 aromatic heterocycles. The first kappa shape index (κ1) is 22.7. The molecule has 0 radical (unpaired) electrons. The van der Waals surface area contributed by atoms with Gasteiger partial charge in [0.05, 0.1) is 17.5 Å². The Morgan fingerprint density at radius 3 is 2.56 bits per heavy atom. The number of aryl methyl sites for hydroxylation is 2. The van der Waals surface area contributed by atoms with Crippen LogP contribution >= 0.6 is 0 Å². The molecule has 0 saturated heterocycles. The van der Waals surface area contributed by atoms with E-state index in [9.17, 15) is 23.2 Å². The van der Waals surface area contributed by atoms with E-state index in [4.69, 9.17) is 0 Å². The molecule has 4 rings (SSSR count). The number of nitrogens with one attached hydrogen (secondary N) is 1. The van der Waals surface area contributed by atoms with Crippen LogP contribution in [0.5, 0.6) is 0 Å². The van der Waals surface area contributed by atoms with Crippen molar-refractivity contribution in [3.8, 4) is 28.5 Å². The fraction of sp³-hybridized carbons (Fsp3) is 0.125. The number of pyridine rings is 2. The second-order valence-corrected chi connectivity index (χ2v) is 7.55. The Morgan fingerprint density at radius 2 is 1.88 bits per heavy atom. The number of amides is 1. The van der Waals surface area contributed by atoms with Gasteiger partial charge in [0.25, 0.3) is 5.91 Å². The van der Waals surface area contributed by atoms with Crippen molar-refractivity contribution < 1.29 is 18.0 Å². The molecule has 1 N–H and O–H groups in total. The number of anilines is 1. The number of hydrogen-bond donors (Lipinski definition) is 1. The third kappa shape index (κ3) is 4.63. The molecule has 7 nitrogen and oxygen atoms in total. The van der Waals surface area contributed by atoms with Gasteiger partial charge in [-0.15, -0.1) is 0 Å². The van der Waals surface area contributed by atoms with E-state index >= 15 is 0 Å². The molecule has 34 heavy (non-hydrogen) atoms. The Balaban J connectivity index is 1.64. The second-order valence-electron chi connectivity index (χ2n) is 7.55. The van der Waals surface area contributed by atoms with E-state index in [1.54, 1.807) is 54.6 Å². The minimum Gasteiger partial charge on any atom is -0.322 e. The van der Waals surface area contributed by atoms with E-state index in [2.05, 4.69) is 26.5 Å². The van der Waals surface area contributed by atoms with E-state index < -0.39 is 17.8 Å². The summed E-state index contributed by atoms with van der Waals surface area (Å²) in [6.07, 6.45) is 1.29. The Kier molecular flexibility index (Phi) is 5.86. The molecule has 0 fully saturated rings. The lowest BCUT2D eigenvalue weighted by atomic mass is 9.98. The monoisotopic (exact) mass is 462 g/mol. The maximum atomic E-state index is 12.9. The molecule has 0 aliphatic heterocycles. The first-order valence-corrected chi connectivity index (χ1v) is 10.0. The molecule has 1 amide bonds. The van der Waals surface area contributed by atoms with Crippen molar-refractivity contribution in [3.05, 3.63) is 83.6 Å². The number of carbonyl (C=O) groups is 1. The zero-order chi connectivity index (χ0) is 24.5. The van der Waals surface area contributed by atoms with Crippen LogP contribution < -0.4 is 5.32 Å². The molecule has 0 bridgehead atoms. The smallest absolute Gasteiger partial charge is 0.322 e. The molecule has 1 aromatic carbocycles. The molecule has 0 atom stereocenters. The standard InChI is InChI=1S/C24H17F3N6O/c1-14-3-4-19(32-23(34)15-5-6-29-21(8-15)24(25,26)27)9-20(14)17-7-16(10-28)22(30-11-17)18-12-31-33(2)13-18/h3-9,11-13H,1-2H3,(H,32,34). The van der Waals surface area contributed by atoms with Crippen molar-refractivity contribution in [2.24, 2.45) is 7.05 Å². The summed E-state index contributed by atoms with van der Waals surface area (Å²) in [4.78, 5) is 20.3. The quantitative estimate of drug-likeness (QED) is 0.461. The fourth-order valence-corrected chi connectivity index (χ4v) is 3.41. The maximum Gasteiger partial charge on any atom is 0.433 e. The van der Waals surface area contributed by atoms with Crippen molar-refractivity contribution in [1.82, 2.24) is 19.7 Å². The van der Waals surface area contributed by atoms with Gasteiger partial charge in [0, 0.05) is 48.0 Å². The molecule has 0 saturated carbocycles. The highest BCUT2D eigenvalue weighted by molar-refractivity contribution is 6.04. The topological polar surface area (TPSA) is 96.5 Å². The average molecular weight is 462 g/mol. The van der Waals surface area contributed by atoms with Crippen LogP contribution in [0.1, 0.15) is 27.2 Å². The highest BCUT2D eigenvalue weighted by Gasteiger charge is 2.33. The SMILES string of the molecule is Cc1ccc(NC(=O)c2ccnc(C(F)(F)F)c2)cc1-c1cnc(-c2cnn(C)c2)c(C#N)c1. The number of rotatable bonds is 4. The van der Waals surface area contributed by atoms with Crippen LogP contribution in [-0.4, -0.2) is 25.7 Å². The molecular weight excluding hydrogens is 445 g/mol. The number of nitriles is 1. The minimum absolute atomic E-state index is 0.168. The van der Waals surface area contributed by atoms with E-state index in [1.165, 1.54) is 6.07 Å². The molecule has 170 valence electrons. The summed E-state index contributed by atoms with van der Waals surface area (Å²) in [5, 5.41) is 16.4. The van der Waals surface area contributed by atoms with Gasteiger partial charge in [0.1, 0.15) is 11.8 Å². The highest BCUT2D eigenvalue weighted by atomic mass is 19.4. The summed E-state index contributed by atoms with van der Waals surface area (Å²) in [6, 6.07) is 10.8. The first-order valence-electron chi connectivity index (χ1n) is 10.0. The largest absolute Gasteiger partial charge is 0.433 e. The molecule has 0 aliphatic rings. The van der Waals surface area contributed by atoms with Crippen molar-refractivity contribution in [2.75, 3.05) is 5.32 Å². The van der Waals surface area contributed by atoms with Crippen molar-refractivity contribution >= 4 is 11.6 Å². The van der Waals surface area contributed by atoms with Crippen molar-refractivity contribution in [2.45, 2.75) is 13.1 Å². The molecule has 0 spiro atoms. The van der Waals surface area contributed by atoms with Gasteiger partial charge in [0.2, 0.25) is 0 Å². The molecule has 0 unspecified atom stereocenters.